The SMILES string of the molecule is Cc1cc(Cl)ccc1C(NCc1cccs1)C(N)=O. The van der Waals surface area contributed by atoms with Crippen molar-refractivity contribution in [3.63, 3.8) is 0 Å². The predicted octanol–water partition coefficient (Wildman–Crippen LogP) is 3.03. The molecule has 100 valence electrons. The maximum atomic E-state index is 11.6. The van der Waals surface area contributed by atoms with Crippen LogP contribution in [0, 0.1) is 6.92 Å². The molecule has 3 N–H and O–H groups in total. The molecule has 1 heterocycles. The van der Waals surface area contributed by atoms with Crippen molar-refractivity contribution < 1.29 is 4.79 Å². The number of benzene rings is 1. The highest BCUT2D eigenvalue weighted by atomic mass is 35.5. The molecule has 0 bridgehead atoms. The number of thiophene rings is 1. The topological polar surface area (TPSA) is 55.1 Å². The van der Waals surface area contributed by atoms with Crippen molar-refractivity contribution in [1.82, 2.24) is 5.32 Å². The Balaban J connectivity index is 2.17. The summed E-state index contributed by atoms with van der Waals surface area (Å²) in [6, 6.07) is 8.94. The fraction of sp³-hybridized carbons (Fsp3) is 0.214. The minimum atomic E-state index is -0.501. The average Bonchev–Trinajstić information content (AvgIpc) is 2.84. The van der Waals surface area contributed by atoms with E-state index in [-0.39, 0.29) is 5.91 Å². The fourth-order valence-electron chi connectivity index (χ4n) is 1.94. The van der Waals surface area contributed by atoms with Crippen molar-refractivity contribution in [3.8, 4) is 0 Å². The van der Waals surface area contributed by atoms with Gasteiger partial charge in [-0.05, 0) is 41.6 Å². The van der Waals surface area contributed by atoms with Crippen LogP contribution in [0.15, 0.2) is 35.7 Å². The summed E-state index contributed by atoms with van der Waals surface area (Å²) in [5.74, 6) is -0.387. The third-order valence-electron chi connectivity index (χ3n) is 2.89. The van der Waals surface area contributed by atoms with Crippen molar-refractivity contribution in [2.24, 2.45) is 5.73 Å². The third-order valence-corrected chi connectivity index (χ3v) is 4.00. The predicted molar refractivity (Wildman–Crippen MR) is 79.3 cm³/mol. The highest BCUT2D eigenvalue weighted by molar-refractivity contribution is 7.09. The van der Waals surface area contributed by atoms with Gasteiger partial charge in [0.25, 0.3) is 0 Å². The van der Waals surface area contributed by atoms with Gasteiger partial charge in [0.2, 0.25) is 5.91 Å². The monoisotopic (exact) mass is 294 g/mol. The van der Waals surface area contributed by atoms with Crippen molar-refractivity contribution in [2.75, 3.05) is 0 Å². The van der Waals surface area contributed by atoms with Crippen LogP contribution in [-0.2, 0) is 11.3 Å². The lowest BCUT2D eigenvalue weighted by molar-refractivity contribution is -0.120. The zero-order valence-electron chi connectivity index (χ0n) is 10.5. The molecule has 5 heteroatoms. The Labute approximate surface area is 121 Å². The summed E-state index contributed by atoms with van der Waals surface area (Å²) >= 11 is 7.57. The number of carbonyl (C=O) groups excluding carboxylic acids is 1. The number of hydrogen-bond acceptors (Lipinski definition) is 3. The molecule has 0 spiro atoms. The van der Waals surface area contributed by atoms with Crippen LogP contribution in [0.3, 0.4) is 0 Å². The van der Waals surface area contributed by atoms with E-state index in [1.807, 2.05) is 36.6 Å². The number of nitrogens with one attached hydrogen (secondary N) is 1. The summed E-state index contributed by atoms with van der Waals surface area (Å²) in [5, 5.41) is 5.85. The third kappa shape index (κ3) is 3.56. The van der Waals surface area contributed by atoms with Gasteiger partial charge in [-0.25, -0.2) is 0 Å². The highest BCUT2D eigenvalue weighted by Gasteiger charge is 2.19. The molecule has 0 fully saturated rings. The average molecular weight is 295 g/mol. The quantitative estimate of drug-likeness (QED) is 0.890. The van der Waals surface area contributed by atoms with Gasteiger partial charge >= 0.3 is 0 Å². The molecule has 0 saturated heterocycles. The van der Waals surface area contributed by atoms with Crippen molar-refractivity contribution >= 4 is 28.8 Å². The summed E-state index contributed by atoms with van der Waals surface area (Å²) in [6.07, 6.45) is 0. The Morgan fingerprint density at radius 1 is 1.47 bits per heavy atom. The number of primary amides is 1. The van der Waals surface area contributed by atoms with Crippen molar-refractivity contribution in [3.05, 3.63) is 56.7 Å². The number of rotatable bonds is 5. The van der Waals surface area contributed by atoms with E-state index in [4.69, 9.17) is 17.3 Å². The first-order valence-corrected chi connectivity index (χ1v) is 7.15. The molecule has 1 aromatic heterocycles. The summed E-state index contributed by atoms with van der Waals surface area (Å²) < 4.78 is 0. The lowest BCUT2D eigenvalue weighted by Gasteiger charge is -2.17. The van der Waals surface area contributed by atoms with Crippen LogP contribution in [0.1, 0.15) is 22.0 Å². The van der Waals surface area contributed by atoms with E-state index in [1.165, 1.54) is 0 Å². The number of amides is 1. The van der Waals surface area contributed by atoms with Crippen LogP contribution in [0.5, 0.6) is 0 Å². The van der Waals surface area contributed by atoms with Crippen LogP contribution in [0.25, 0.3) is 0 Å². The molecule has 0 radical (unpaired) electrons. The Hall–Kier alpha value is -1.36. The minimum absolute atomic E-state index is 0.387. The second-order valence-corrected chi connectivity index (χ2v) is 5.77. The van der Waals surface area contributed by atoms with Crippen LogP contribution in [0.4, 0.5) is 0 Å². The highest BCUT2D eigenvalue weighted by Crippen LogP contribution is 2.22. The van der Waals surface area contributed by atoms with Gasteiger partial charge in [-0.1, -0.05) is 23.7 Å². The van der Waals surface area contributed by atoms with E-state index < -0.39 is 6.04 Å². The minimum Gasteiger partial charge on any atom is -0.368 e. The van der Waals surface area contributed by atoms with Gasteiger partial charge < -0.3 is 5.73 Å². The molecule has 0 aliphatic heterocycles. The molecule has 0 aliphatic rings. The fourth-order valence-corrected chi connectivity index (χ4v) is 2.83. The smallest absolute Gasteiger partial charge is 0.239 e. The first-order chi connectivity index (χ1) is 9.08. The van der Waals surface area contributed by atoms with E-state index in [9.17, 15) is 4.79 Å². The lowest BCUT2D eigenvalue weighted by Crippen LogP contribution is -2.33. The van der Waals surface area contributed by atoms with Gasteiger partial charge in [0.05, 0.1) is 0 Å². The molecule has 2 aromatic rings. The van der Waals surface area contributed by atoms with E-state index in [2.05, 4.69) is 5.32 Å². The van der Waals surface area contributed by atoms with E-state index >= 15 is 0 Å². The molecule has 1 aromatic carbocycles. The number of halogens is 1. The van der Waals surface area contributed by atoms with E-state index in [0.717, 1.165) is 16.0 Å². The van der Waals surface area contributed by atoms with Gasteiger partial charge in [0.15, 0.2) is 0 Å². The maximum absolute atomic E-state index is 11.6. The van der Waals surface area contributed by atoms with Crippen LogP contribution >= 0.6 is 22.9 Å². The number of hydrogen-bond donors (Lipinski definition) is 2. The Bertz CT molecular complexity index is 569. The summed E-state index contributed by atoms with van der Waals surface area (Å²) in [6.45, 7) is 2.54. The van der Waals surface area contributed by atoms with E-state index in [0.29, 0.717) is 11.6 Å². The molecular weight excluding hydrogens is 280 g/mol. The number of aryl methyl sites for hydroxylation is 1. The van der Waals surface area contributed by atoms with Gasteiger partial charge in [-0.15, -0.1) is 11.3 Å². The summed E-state index contributed by atoms with van der Waals surface area (Å²) in [5.41, 5.74) is 7.31. The molecule has 2 rings (SSSR count). The Morgan fingerprint density at radius 2 is 2.26 bits per heavy atom. The van der Waals surface area contributed by atoms with Crippen LogP contribution < -0.4 is 11.1 Å². The first kappa shape index (κ1) is 14.1. The lowest BCUT2D eigenvalue weighted by atomic mass is 10.0. The maximum Gasteiger partial charge on any atom is 0.239 e. The van der Waals surface area contributed by atoms with Crippen LogP contribution in [0.2, 0.25) is 5.02 Å². The van der Waals surface area contributed by atoms with Gasteiger partial charge in [-0.3, -0.25) is 10.1 Å². The Morgan fingerprint density at radius 3 is 2.84 bits per heavy atom. The molecule has 1 atom stereocenters. The summed E-state index contributed by atoms with van der Waals surface area (Å²) in [4.78, 5) is 12.8. The zero-order chi connectivity index (χ0) is 13.8. The van der Waals surface area contributed by atoms with E-state index in [1.54, 1.807) is 17.4 Å². The molecule has 0 aliphatic carbocycles. The number of nitrogens with two attached hydrogens (primary N) is 1. The van der Waals surface area contributed by atoms with Gasteiger partial charge in [-0.2, -0.15) is 0 Å². The molecule has 19 heavy (non-hydrogen) atoms. The van der Waals surface area contributed by atoms with Crippen LogP contribution in [-0.4, -0.2) is 5.91 Å². The Kier molecular flexibility index (Phi) is 4.58. The molecule has 0 saturated carbocycles. The van der Waals surface area contributed by atoms with Crippen molar-refractivity contribution in [1.29, 1.82) is 0 Å². The number of carbonyl (C=O) groups is 1. The largest absolute Gasteiger partial charge is 0.368 e. The standard InChI is InChI=1S/C14H15ClN2OS/c1-9-7-10(15)4-5-12(9)13(14(16)18)17-8-11-3-2-6-19-11/h2-7,13,17H,8H2,1H3,(H2,16,18). The normalized spacial score (nSPS) is 12.3. The summed E-state index contributed by atoms with van der Waals surface area (Å²) in [7, 11) is 0. The van der Waals surface area contributed by atoms with Gasteiger partial charge in [0, 0.05) is 16.4 Å². The van der Waals surface area contributed by atoms with Crippen molar-refractivity contribution in [2.45, 2.75) is 19.5 Å². The second-order valence-electron chi connectivity index (χ2n) is 4.30. The molecule has 1 amide bonds. The van der Waals surface area contributed by atoms with Gasteiger partial charge in [0.1, 0.15) is 6.04 Å². The zero-order valence-corrected chi connectivity index (χ0v) is 12.1. The molecular formula is C14H15ClN2OS. The molecule has 3 nitrogen and oxygen atoms in total. The second kappa shape index (κ2) is 6.19. The molecule has 1 unspecified atom stereocenters. The first-order valence-electron chi connectivity index (χ1n) is 5.89.